The van der Waals surface area contributed by atoms with Gasteiger partial charge in [0.2, 0.25) is 0 Å². The van der Waals surface area contributed by atoms with Gasteiger partial charge in [-0.1, -0.05) is 54.6 Å². The van der Waals surface area contributed by atoms with Gasteiger partial charge in [-0.2, -0.15) is 0 Å². The Balaban J connectivity index is 2.30. The number of nitroso groups, excluding NO2 is 1. The predicted molar refractivity (Wildman–Crippen MR) is 126 cm³/mol. The van der Waals surface area contributed by atoms with Crippen LogP contribution < -0.4 is 5.32 Å². The van der Waals surface area contributed by atoms with Crippen molar-refractivity contribution in [2.24, 2.45) is 5.18 Å². The number of ether oxygens (including phenoxy) is 1. The number of hydrogen-bond donors (Lipinski definition) is 1. The Labute approximate surface area is 188 Å². The number of hydrogen-bond acceptors (Lipinski definition) is 6. The molecule has 0 aliphatic heterocycles. The molecule has 1 atom stereocenters. The number of carbonyl (C=O) groups is 2. The van der Waals surface area contributed by atoms with Gasteiger partial charge in [-0.3, -0.25) is 4.79 Å². The molecule has 1 aliphatic rings. The molecule has 2 rings (SSSR count). The molecule has 0 fully saturated rings. The van der Waals surface area contributed by atoms with E-state index in [1.54, 1.807) is 48.6 Å². The fourth-order valence-corrected chi connectivity index (χ4v) is 2.93. The lowest BCUT2D eigenvalue weighted by Crippen LogP contribution is -2.38. The molecule has 0 bridgehead atoms. The van der Waals surface area contributed by atoms with Gasteiger partial charge in [0.25, 0.3) is 0 Å². The molecule has 1 aromatic carbocycles. The van der Waals surface area contributed by atoms with Gasteiger partial charge in [0.05, 0.1) is 7.11 Å². The van der Waals surface area contributed by atoms with E-state index in [-0.39, 0.29) is 17.9 Å². The van der Waals surface area contributed by atoms with E-state index in [2.05, 4.69) is 22.8 Å². The summed E-state index contributed by atoms with van der Waals surface area (Å²) in [5.41, 5.74) is 5.99. The topological polar surface area (TPSA) is 84.8 Å². The molecule has 0 aromatic heterocycles. The van der Waals surface area contributed by atoms with Crippen molar-refractivity contribution in [3.05, 3.63) is 118 Å². The standard InChI is InChI=1S/C26H26N2O4/c1-5-6-10-23(25(29)21-14-11-18(2)12-15-21)19(3)27-24(26(30)32-4)17-20-8-7-9-22(28-31)16-13-20/h5-6,8-16,24,27H,3,17H2,1-2,4H3/b6-5-,23-10+. The fraction of sp³-hybridized carbons (Fsp3) is 0.192. The molecule has 6 heteroatoms. The highest BCUT2D eigenvalue weighted by molar-refractivity contribution is 6.11. The van der Waals surface area contributed by atoms with Crippen LogP contribution in [0.5, 0.6) is 0 Å². The van der Waals surface area contributed by atoms with E-state index < -0.39 is 12.0 Å². The average molecular weight is 431 g/mol. The van der Waals surface area contributed by atoms with Crippen molar-refractivity contribution < 1.29 is 14.3 Å². The first-order valence-corrected chi connectivity index (χ1v) is 10.0. The summed E-state index contributed by atoms with van der Waals surface area (Å²) < 4.78 is 4.93. The molecule has 0 spiro atoms. The zero-order valence-electron chi connectivity index (χ0n) is 18.4. The van der Waals surface area contributed by atoms with Gasteiger partial charge in [-0.25, -0.2) is 4.79 Å². The summed E-state index contributed by atoms with van der Waals surface area (Å²) in [6.07, 6.45) is 11.8. The lowest BCUT2D eigenvalue weighted by atomic mass is 9.98. The maximum absolute atomic E-state index is 13.1. The largest absolute Gasteiger partial charge is 0.467 e. The number of Topliss-reactive ketones (excluding diaryl/α,β-unsaturated/α-hetero) is 1. The van der Waals surface area contributed by atoms with Crippen molar-refractivity contribution in [3.63, 3.8) is 0 Å². The number of aryl methyl sites for hydroxylation is 1. The number of methoxy groups -OCH3 is 1. The summed E-state index contributed by atoms with van der Waals surface area (Å²) in [6, 6.07) is 6.43. The zero-order valence-corrected chi connectivity index (χ0v) is 18.4. The van der Waals surface area contributed by atoms with Crippen LogP contribution in [-0.2, 0) is 9.53 Å². The zero-order chi connectivity index (χ0) is 23.5. The van der Waals surface area contributed by atoms with Crippen LogP contribution in [0.1, 0.15) is 29.3 Å². The number of nitrogens with zero attached hydrogens (tertiary/aromatic N) is 1. The van der Waals surface area contributed by atoms with E-state index in [9.17, 15) is 14.5 Å². The Hall–Kier alpha value is -4.02. The minimum Gasteiger partial charge on any atom is -0.467 e. The highest BCUT2D eigenvalue weighted by Crippen LogP contribution is 2.19. The number of rotatable bonds is 10. The summed E-state index contributed by atoms with van der Waals surface area (Å²) in [5, 5.41) is 5.92. The van der Waals surface area contributed by atoms with E-state index in [1.165, 1.54) is 13.2 Å². The number of carbonyl (C=O) groups excluding carboxylic acids is 2. The van der Waals surface area contributed by atoms with Crippen LogP contribution in [0.4, 0.5) is 0 Å². The lowest BCUT2D eigenvalue weighted by Gasteiger charge is -2.21. The monoisotopic (exact) mass is 430 g/mol. The summed E-state index contributed by atoms with van der Waals surface area (Å²) in [4.78, 5) is 36.3. The van der Waals surface area contributed by atoms with Crippen molar-refractivity contribution in [2.75, 3.05) is 7.11 Å². The Morgan fingerprint density at radius 1 is 1.22 bits per heavy atom. The van der Waals surface area contributed by atoms with E-state index in [0.29, 0.717) is 16.8 Å². The Morgan fingerprint density at radius 2 is 1.94 bits per heavy atom. The summed E-state index contributed by atoms with van der Waals surface area (Å²) in [7, 11) is 1.29. The average Bonchev–Trinajstić information content (AvgIpc) is 3.03. The van der Waals surface area contributed by atoms with E-state index in [4.69, 9.17) is 4.74 Å². The molecular weight excluding hydrogens is 404 g/mol. The molecule has 1 N–H and O–H groups in total. The Bertz CT molecular complexity index is 1080. The fourth-order valence-electron chi connectivity index (χ4n) is 2.93. The number of esters is 1. The van der Waals surface area contributed by atoms with Crippen LogP contribution in [0, 0.1) is 11.8 Å². The van der Waals surface area contributed by atoms with Crippen molar-refractivity contribution in [2.45, 2.75) is 26.3 Å². The van der Waals surface area contributed by atoms with Crippen LogP contribution in [0.3, 0.4) is 0 Å². The Morgan fingerprint density at radius 3 is 2.56 bits per heavy atom. The summed E-state index contributed by atoms with van der Waals surface area (Å²) >= 11 is 0. The highest BCUT2D eigenvalue weighted by atomic mass is 16.5. The first-order chi connectivity index (χ1) is 15.4. The molecule has 1 unspecified atom stereocenters. The first kappa shape index (κ1) is 24.3. The third kappa shape index (κ3) is 6.76. The smallest absolute Gasteiger partial charge is 0.328 e. The summed E-state index contributed by atoms with van der Waals surface area (Å²) in [6.45, 7) is 7.79. The van der Waals surface area contributed by atoms with E-state index in [0.717, 1.165) is 11.1 Å². The second kappa shape index (κ2) is 12.0. The second-order valence-electron chi connectivity index (χ2n) is 7.08. The molecule has 0 heterocycles. The third-order valence-corrected chi connectivity index (χ3v) is 4.69. The van der Waals surface area contributed by atoms with Crippen molar-refractivity contribution in [1.82, 2.24) is 5.32 Å². The number of benzene rings is 1. The summed E-state index contributed by atoms with van der Waals surface area (Å²) in [5.74, 6) is -0.732. The molecule has 0 radical (unpaired) electrons. The van der Waals surface area contributed by atoms with E-state index >= 15 is 0 Å². The van der Waals surface area contributed by atoms with Gasteiger partial charge in [0.1, 0.15) is 11.7 Å². The molecular formula is C26H26N2O4. The Kier molecular flexibility index (Phi) is 9.08. The predicted octanol–water partition coefficient (Wildman–Crippen LogP) is 5.02. The quantitative estimate of drug-likeness (QED) is 0.141. The number of nitrogens with one attached hydrogen (secondary N) is 1. The first-order valence-electron chi connectivity index (χ1n) is 10.0. The number of allylic oxidation sites excluding steroid dienone is 7. The van der Waals surface area contributed by atoms with Gasteiger partial charge in [-0.05, 0) is 42.8 Å². The van der Waals surface area contributed by atoms with Crippen LogP contribution >= 0.6 is 0 Å². The van der Waals surface area contributed by atoms with Crippen LogP contribution in [0.25, 0.3) is 0 Å². The molecule has 6 nitrogen and oxygen atoms in total. The SMILES string of the molecule is C=C(NC(CC1=CC=C(N=O)C=C=C1)C(=O)OC)/C(=C\C=C/C)C(=O)c1ccc(C)cc1. The van der Waals surface area contributed by atoms with Crippen LogP contribution in [0.2, 0.25) is 0 Å². The second-order valence-corrected chi connectivity index (χ2v) is 7.08. The van der Waals surface area contributed by atoms with Gasteiger partial charge >= 0.3 is 5.97 Å². The van der Waals surface area contributed by atoms with Crippen molar-refractivity contribution >= 4 is 11.8 Å². The molecule has 0 amide bonds. The molecule has 0 saturated heterocycles. The lowest BCUT2D eigenvalue weighted by molar-refractivity contribution is -0.142. The maximum atomic E-state index is 13.1. The molecule has 1 aliphatic carbocycles. The molecule has 32 heavy (non-hydrogen) atoms. The molecule has 0 saturated carbocycles. The normalized spacial score (nSPS) is 14.3. The van der Waals surface area contributed by atoms with Gasteiger partial charge in [0, 0.05) is 29.3 Å². The van der Waals surface area contributed by atoms with Crippen molar-refractivity contribution in [3.8, 4) is 0 Å². The highest BCUT2D eigenvalue weighted by Gasteiger charge is 2.24. The van der Waals surface area contributed by atoms with Crippen LogP contribution in [0.15, 0.2) is 107 Å². The van der Waals surface area contributed by atoms with Gasteiger partial charge in [0.15, 0.2) is 5.78 Å². The maximum Gasteiger partial charge on any atom is 0.328 e. The van der Waals surface area contributed by atoms with E-state index in [1.807, 2.05) is 26.0 Å². The van der Waals surface area contributed by atoms with Gasteiger partial charge in [-0.15, -0.1) is 10.6 Å². The number of ketones is 1. The molecule has 1 aromatic rings. The minimum absolute atomic E-state index is 0.217. The minimum atomic E-state index is -0.809. The van der Waals surface area contributed by atoms with Gasteiger partial charge < -0.3 is 10.1 Å². The van der Waals surface area contributed by atoms with Crippen LogP contribution in [-0.4, -0.2) is 24.9 Å². The molecule has 164 valence electrons. The van der Waals surface area contributed by atoms with Crippen molar-refractivity contribution in [1.29, 1.82) is 0 Å². The third-order valence-electron chi connectivity index (χ3n) is 4.69.